The van der Waals surface area contributed by atoms with Crippen LogP contribution in [0.4, 0.5) is 5.69 Å². The molecular weight excluding hydrogens is 422 g/mol. The number of anilines is 1. The largest absolute Gasteiger partial charge is 0.508 e. The fraction of sp³-hybridized carbons (Fsp3) is 0.269. The lowest BCUT2D eigenvalue weighted by molar-refractivity contribution is 0.0224. The Morgan fingerprint density at radius 2 is 1.48 bits per heavy atom. The fourth-order valence-corrected chi connectivity index (χ4v) is 4.71. The van der Waals surface area contributed by atoms with E-state index in [1.54, 1.807) is 12.1 Å². The number of carbonyl (C=O) groups is 1. The Morgan fingerprint density at radius 3 is 2.15 bits per heavy atom. The van der Waals surface area contributed by atoms with Gasteiger partial charge in [-0.3, -0.25) is 0 Å². The average molecular weight is 447 g/mol. The summed E-state index contributed by atoms with van der Waals surface area (Å²) in [6.07, 6.45) is 3.66. The lowest BCUT2D eigenvalue weighted by atomic mass is 9.77. The molecule has 4 N–H and O–H groups in total. The summed E-state index contributed by atoms with van der Waals surface area (Å²) in [5.74, 6) is 0.308. The molecule has 7 heteroatoms. The smallest absolute Gasteiger partial charge is 0.342 e. The zero-order valence-electron chi connectivity index (χ0n) is 18.0. The molecule has 0 bridgehead atoms. The number of benzene rings is 3. The zero-order valence-corrected chi connectivity index (χ0v) is 18.0. The normalized spacial score (nSPS) is 14.8. The molecule has 0 fully saturated rings. The number of aliphatic hydroxyl groups excluding tert-OH is 1. The Balaban J connectivity index is 1.59. The van der Waals surface area contributed by atoms with Gasteiger partial charge in [0, 0.05) is 47.7 Å². The number of rotatable bonds is 7. The zero-order chi connectivity index (χ0) is 23.0. The van der Waals surface area contributed by atoms with Crippen LogP contribution in [0.2, 0.25) is 0 Å². The summed E-state index contributed by atoms with van der Waals surface area (Å²) in [5.41, 5.74) is 1.80. The number of aromatic hydroxyl groups is 2. The van der Waals surface area contributed by atoms with Gasteiger partial charge in [-0.25, -0.2) is 4.79 Å². The van der Waals surface area contributed by atoms with Gasteiger partial charge in [-0.05, 0) is 43.2 Å². The molecule has 2 aliphatic rings. The van der Waals surface area contributed by atoms with Crippen molar-refractivity contribution in [2.24, 2.45) is 0 Å². The minimum atomic E-state index is -1.25. The highest BCUT2D eigenvalue weighted by Gasteiger charge is 2.54. The van der Waals surface area contributed by atoms with Crippen molar-refractivity contribution < 1.29 is 29.6 Å². The quantitative estimate of drug-likeness (QED) is 0.309. The first-order valence-corrected chi connectivity index (χ1v) is 11.1. The van der Waals surface area contributed by atoms with Gasteiger partial charge >= 0.3 is 5.97 Å². The second-order valence-corrected chi connectivity index (χ2v) is 8.33. The highest BCUT2D eigenvalue weighted by Crippen LogP contribution is 2.57. The van der Waals surface area contributed by atoms with Gasteiger partial charge in [0.05, 0.1) is 5.56 Å². The van der Waals surface area contributed by atoms with Crippen LogP contribution < -0.4 is 10.1 Å². The number of aliphatic hydroxyl groups is 1. The van der Waals surface area contributed by atoms with Gasteiger partial charge in [0.1, 0.15) is 23.0 Å². The second-order valence-electron chi connectivity index (χ2n) is 8.33. The second kappa shape index (κ2) is 8.33. The summed E-state index contributed by atoms with van der Waals surface area (Å²) in [6.45, 7) is 0.899. The van der Waals surface area contributed by atoms with E-state index < -0.39 is 11.6 Å². The van der Waals surface area contributed by atoms with Crippen molar-refractivity contribution >= 4 is 11.7 Å². The van der Waals surface area contributed by atoms with E-state index in [1.165, 1.54) is 24.3 Å². The van der Waals surface area contributed by atoms with Crippen molar-refractivity contribution in [3.63, 3.8) is 0 Å². The number of carbonyl (C=O) groups excluding carboxylic acids is 1. The maximum absolute atomic E-state index is 13.3. The molecule has 33 heavy (non-hydrogen) atoms. The summed E-state index contributed by atoms with van der Waals surface area (Å²) < 4.78 is 12.1. The number of unbranched alkanes of at least 4 members (excludes halogenated alkanes) is 3. The van der Waals surface area contributed by atoms with Crippen LogP contribution in [0.5, 0.6) is 23.0 Å². The number of hydrogen-bond acceptors (Lipinski definition) is 7. The molecule has 0 aromatic heterocycles. The van der Waals surface area contributed by atoms with Crippen LogP contribution in [0.25, 0.3) is 0 Å². The Bertz CT molecular complexity index is 1170. The molecule has 3 aromatic carbocycles. The summed E-state index contributed by atoms with van der Waals surface area (Å²) in [6, 6.07) is 15.0. The molecule has 0 aliphatic carbocycles. The van der Waals surface area contributed by atoms with Gasteiger partial charge in [-0.1, -0.05) is 25.0 Å². The fourth-order valence-electron chi connectivity index (χ4n) is 4.71. The van der Waals surface area contributed by atoms with Crippen LogP contribution >= 0.6 is 0 Å². The van der Waals surface area contributed by atoms with E-state index in [-0.39, 0.29) is 18.1 Å². The molecule has 0 amide bonds. The molecule has 170 valence electrons. The van der Waals surface area contributed by atoms with E-state index in [0.717, 1.165) is 25.7 Å². The molecule has 0 unspecified atom stereocenters. The first-order valence-electron chi connectivity index (χ1n) is 11.1. The average Bonchev–Trinajstić information content (AvgIpc) is 3.09. The topological polar surface area (TPSA) is 108 Å². The van der Waals surface area contributed by atoms with E-state index in [0.29, 0.717) is 46.0 Å². The molecule has 2 heterocycles. The number of nitrogens with one attached hydrogen (secondary N) is 1. The summed E-state index contributed by atoms with van der Waals surface area (Å²) >= 11 is 0. The first kappa shape index (κ1) is 21.2. The molecule has 2 aliphatic heterocycles. The lowest BCUT2D eigenvalue weighted by Gasteiger charge is -2.36. The summed E-state index contributed by atoms with van der Waals surface area (Å²) in [7, 11) is 0. The molecule has 1 spiro atoms. The number of fused-ring (bicyclic) bond motifs is 6. The van der Waals surface area contributed by atoms with Gasteiger partial charge in [-0.15, -0.1) is 0 Å². The number of esters is 1. The Morgan fingerprint density at radius 1 is 0.818 bits per heavy atom. The molecule has 7 nitrogen and oxygen atoms in total. The molecule has 5 rings (SSSR count). The summed E-state index contributed by atoms with van der Waals surface area (Å²) in [4.78, 5) is 13.3. The SMILES string of the molecule is O=C1OC2(c3ccc(O)cc3Oc3cc(O)ccc32)c2cccc(NCCCCCCO)c21. The number of ether oxygens (including phenoxy) is 2. The van der Waals surface area contributed by atoms with E-state index in [4.69, 9.17) is 14.6 Å². The van der Waals surface area contributed by atoms with Gasteiger partial charge < -0.3 is 30.1 Å². The highest BCUT2D eigenvalue weighted by molar-refractivity contribution is 6.02. The molecular formula is C26H25NO6. The Labute approximate surface area is 191 Å². The molecule has 0 radical (unpaired) electrons. The van der Waals surface area contributed by atoms with E-state index in [1.807, 2.05) is 18.2 Å². The third kappa shape index (κ3) is 3.45. The molecule has 0 saturated heterocycles. The van der Waals surface area contributed by atoms with Crippen LogP contribution in [-0.2, 0) is 10.3 Å². The Kier molecular flexibility index (Phi) is 5.34. The van der Waals surface area contributed by atoms with Crippen molar-refractivity contribution in [2.75, 3.05) is 18.5 Å². The lowest BCUT2D eigenvalue weighted by Crippen LogP contribution is -2.32. The third-order valence-corrected chi connectivity index (χ3v) is 6.20. The van der Waals surface area contributed by atoms with Gasteiger partial charge in [0.15, 0.2) is 5.60 Å². The van der Waals surface area contributed by atoms with E-state index in [9.17, 15) is 15.0 Å². The predicted molar refractivity (Wildman–Crippen MR) is 122 cm³/mol. The standard InChI is InChI=1S/C26H25NO6/c28-13-4-2-1-3-12-27-21-7-5-6-20-24(21)25(31)33-26(20)18-10-8-16(29)14-22(18)32-23-15-17(30)9-11-19(23)26/h5-11,14-15,27-30H,1-4,12-13H2. The van der Waals surface area contributed by atoms with Crippen LogP contribution in [-0.4, -0.2) is 34.4 Å². The van der Waals surface area contributed by atoms with Crippen LogP contribution in [0, 0.1) is 0 Å². The van der Waals surface area contributed by atoms with E-state index >= 15 is 0 Å². The third-order valence-electron chi connectivity index (χ3n) is 6.20. The maximum Gasteiger partial charge on any atom is 0.342 e. The minimum Gasteiger partial charge on any atom is -0.508 e. The monoisotopic (exact) mass is 447 g/mol. The predicted octanol–water partition coefficient (Wildman–Crippen LogP) is 4.63. The van der Waals surface area contributed by atoms with Crippen LogP contribution in [0.1, 0.15) is 52.7 Å². The van der Waals surface area contributed by atoms with Crippen LogP contribution in [0.15, 0.2) is 54.6 Å². The van der Waals surface area contributed by atoms with Crippen molar-refractivity contribution in [1.29, 1.82) is 0 Å². The van der Waals surface area contributed by atoms with Gasteiger partial charge in [0.2, 0.25) is 0 Å². The molecule has 0 saturated carbocycles. The van der Waals surface area contributed by atoms with E-state index in [2.05, 4.69) is 5.32 Å². The number of phenols is 2. The van der Waals surface area contributed by atoms with Crippen molar-refractivity contribution in [1.82, 2.24) is 0 Å². The molecule has 0 atom stereocenters. The Hall–Kier alpha value is -3.71. The van der Waals surface area contributed by atoms with Crippen molar-refractivity contribution in [2.45, 2.75) is 31.3 Å². The van der Waals surface area contributed by atoms with Gasteiger partial charge in [0.25, 0.3) is 0 Å². The summed E-state index contributed by atoms with van der Waals surface area (Å²) in [5, 5.41) is 32.3. The van der Waals surface area contributed by atoms with Crippen molar-refractivity contribution in [3.05, 3.63) is 76.9 Å². The number of hydrogen-bond donors (Lipinski definition) is 4. The van der Waals surface area contributed by atoms with Crippen LogP contribution in [0.3, 0.4) is 0 Å². The van der Waals surface area contributed by atoms with Crippen molar-refractivity contribution in [3.8, 4) is 23.0 Å². The molecule has 3 aromatic rings. The first-order chi connectivity index (χ1) is 16.0. The number of phenolic OH excluding ortho intramolecular Hbond substituents is 2. The van der Waals surface area contributed by atoms with Gasteiger partial charge in [-0.2, -0.15) is 0 Å². The maximum atomic E-state index is 13.3. The highest BCUT2D eigenvalue weighted by atomic mass is 16.6. The minimum absolute atomic E-state index is 0.0219.